The number of fused-ring (bicyclic) bond motifs is 1. The number of H-pyrrole nitrogens is 1. The monoisotopic (exact) mass is 231 g/mol. The van der Waals surface area contributed by atoms with Crippen LogP contribution in [0.25, 0.3) is 16.6 Å². The summed E-state index contributed by atoms with van der Waals surface area (Å²) in [5.74, 6) is 0. The number of hydrogen-bond acceptors (Lipinski definition) is 2. The first-order chi connectivity index (χ1) is 8.19. The summed E-state index contributed by atoms with van der Waals surface area (Å²) >= 11 is 0. The van der Waals surface area contributed by atoms with E-state index in [1.54, 1.807) is 17.8 Å². The van der Waals surface area contributed by atoms with E-state index in [-0.39, 0.29) is 5.69 Å². The zero-order valence-corrected chi connectivity index (χ0v) is 10.4. The van der Waals surface area contributed by atoms with Gasteiger partial charge in [-0.25, -0.2) is 4.79 Å². The molecule has 0 aliphatic heterocycles. The largest absolute Gasteiger partial charge is 0.326 e. The lowest BCUT2D eigenvalue weighted by molar-refractivity contribution is 0.887. The first kappa shape index (κ1) is 11.6. The minimum atomic E-state index is -0.0961. The molecular formula is C13H17N3O. The van der Waals surface area contributed by atoms with Gasteiger partial charge in [-0.1, -0.05) is 19.9 Å². The van der Waals surface area contributed by atoms with E-state index < -0.39 is 0 Å². The summed E-state index contributed by atoms with van der Waals surface area (Å²) in [7, 11) is 1.77. The van der Waals surface area contributed by atoms with Crippen LogP contribution in [0.3, 0.4) is 0 Å². The number of imidazole rings is 1. The van der Waals surface area contributed by atoms with Gasteiger partial charge in [-0.05, 0) is 24.5 Å². The molecule has 0 radical (unpaired) electrons. The summed E-state index contributed by atoms with van der Waals surface area (Å²) in [5.41, 5.74) is 3.73. The molecule has 2 rings (SSSR count). The Hall–Kier alpha value is -1.84. The highest BCUT2D eigenvalue weighted by Crippen LogP contribution is 2.23. The molecule has 0 spiro atoms. The smallest absolute Gasteiger partial charge is 0.305 e. The molecule has 0 aromatic carbocycles. The van der Waals surface area contributed by atoms with Crippen LogP contribution in [0.1, 0.15) is 32.4 Å². The SMILES string of the molecule is CCC=C(CC)c1nccc2[nH]c(=O)n(C)c12. The zero-order valence-electron chi connectivity index (χ0n) is 10.4. The molecule has 1 N–H and O–H groups in total. The molecule has 0 atom stereocenters. The van der Waals surface area contributed by atoms with Crippen molar-refractivity contribution in [1.82, 2.24) is 14.5 Å². The van der Waals surface area contributed by atoms with Crippen LogP contribution in [0.15, 0.2) is 23.1 Å². The van der Waals surface area contributed by atoms with Crippen LogP contribution >= 0.6 is 0 Å². The molecule has 4 heteroatoms. The highest BCUT2D eigenvalue weighted by atomic mass is 16.1. The number of aryl methyl sites for hydroxylation is 1. The van der Waals surface area contributed by atoms with E-state index >= 15 is 0 Å². The van der Waals surface area contributed by atoms with Crippen LogP contribution in [0.5, 0.6) is 0 Å². The quantitative estimate of drug-likeness (QED) is 0.882. The Labute approximate surface area is 100.0 Å². The Bertz CT molecular complexity index is 619. The molecule has 2 heterocycles. The van der Waals surface area contributed by atoms with Crippen LogP contribution in [-0.2, 0) is 7.05 Å². The number of nitrogens with zero attached hydrogens (tertiary/aromatic N) is 2. The Kier molecular flexibility index (Phi) is 3.13. The van der Waals surface area contributed by atoms with Crippen molar-refractivity contribution in [3.05, 3.63) is 34.5 Å². The summed E-state index contributed by atoms with van der Waals surface area (Å²) in [4.78, 5) is 18.9. The minimum absolute atomic E-state index is 0.0961. The Balaban J connectivity index is 2.77. The van der Waals surface area contributed by atoms with E-state index in [1.807, 2.05) is 6.07 Å². The first-order valence-electron chi connectivity index (χ1n) is 5.92. The van der Waals surface area contributed by atoms with Gasteiger partial charge < -0.3 is 4.98 Å². The third-order valence-corrected chi connectivity index (χ3v) is 2.94. The van der Waals surface area contributed by atoms with Gasteiger partial charge in [0.2, 0.25) is 0 Å². The van der Waals surface area contributed by atoms with Crippen molar-refractivity contribution in [2.75, 3.05) is 0 Å². The van der Waals surface area contributed by atoms with Crippen molar-refractivity contribution in [2.45, 2.75) is 26.7 Å². The zero-order chi connectivity index (χ0) is 12.4. The van der Waals surface area contributed by atoms with Crippen molar-refractivity contribution < 1.29 is 0 Å². The molecule has 0 amide bonds. The lowest BCUT2D eigenvalue weighted by atomic mass is 10.1. The van der Waals surface area contributed by atoms with E-state index in [0.717, 1.165) is 29.6 Å². The molecule has 90 valence electrons. The highest BCUT2D eigenvalue weighted by molar-refractivity contribution is 5.87. The normalized spacial score (nSPS) is 12.3. The Morgan fingerprint density at radius 2 is 2.29 bits per heavy atom. The van der Waals surface area contributed by atoms with Gasteiger partial charge >= 0.3 is 5.69 Å². The molecule has 0 aliphatic carbocycles. The highest BCUT2D eigenvalue weighted by Gasteiger charge is 2.11. The van der Waals surface area contributed by atoms with Crippen LogP contribution in [-0.4, -0.2) is 14.5 Å². The van der Waals surface area contributed by atoms with Crippen LogP contribution in [0.2, 0.25) is 0 Å². The molecule has 17 heavy (non-hydrogen) atoms. The average molecular weight is 231 g/mol. The van der Waals surface area contributed by atoms with Crippen molar-refractivity contribution in [1.29, 1.82) is 0 Å². The van der Waals surface area contributed by atoms with Gasteiger partial charge in [-0.3, -0.25) is 9.55 Å². The molecule has 2 aromatic rings. The van der Waals surface area contributed by atoms with E-state index in [4.69, 9.17) is 0 Å². The number of aromatic amines is 1. The van der Waals surface area contributed by atoms with Crippen molar-refractivity contribution >= 4 is 16.6 Å². The third-order valence-electron chi connectivity index (χ3n) is 2.94. The fourth-order valence-corrected chi connectivity index (χ4v) is 2.08. The summed E-state index contributed by atoms with van der Waals surface area (Å²) in [6, 6.07) is 1.83. The number of aromatic nitrogens is 3. The first-order valence-corrected chi connectivity index (χ1v) is 5.92. The van der Waals surface area contributed by atoms with Crippen molar-refractivity contribution in [2.24, 2.45) is 7.05 Å². The van der Waals surface area contributed by atoms with E-state index in [1.165, 1.54) is 5.57 Å². The number of allylic oxidation sites excluding steroid dienone is 2. The van der Waals surface area contributed by atoms with E-state index in [2.05, 4.69) is 29.9 Å². The molecule has 4 nitrogen and oxygen atoms in total. The molecule has 0 saturated carbocycles. The van der Waals surface area contributed by atoms with Gasteiger partial charge in [0.05, 0.1) is 16.7 Å². The van der Waals surface area contributed by atoms with Crippen LogP contribution in [0, 0.1) is 0 Å². The summed E-state index contributed by atoms with van der Waals surface area (Å²) in [5, 5.41) is 0. The molecule has 0 aliphatic rings. The van der Waals surface area contributed by atoms with E-state index in [0.29, 0.717) is 0 Å². The molecule has 0 saturated heterocycles. The van der Waals surface area contributed by atoms with Gasteiger partial charge in [0.25, 0.3) is 0 Å². The Morgan fingerprint density at radius 3 is 2.94 bits per heavy atom. The maximum atomic E-state index is 11.6. The lowest BCUT2D eigenvalue weighted by Gasteiger charge is -2.06. The minimum Gasteiger partial charge on any atom is -0.305 e. The predicted molar refractivity (Wildman–Crippen MR) is 69.9 cm³/mol. The Morgan fingerprint density at radius 1 is 1.53 bits per heavy atom. The second kappa shape index (κ2) is 4.57. The standard InChI is InChI=1S/C13H17N3O/c1-4-6-9(5-2)11-12-10(7-8-14-11)15-13(17)16(12)3/h6-8H,4-5H2,1-3H3,(H,15,17). The second-order valence-corrected chi connectivity index (χ2v) is 4.04. The van der Waals surface area contributed by atoms with Crippen LogP contribution in [0.4, 0.5) is 0 Å². The van der Waals surface area contributed by atoms with Gasteiger partial charge in [0.15, 0.2) is 0 Å². The molecule has 0 unspecified atom stereocenters. The van der Waals surface area contributed by atoms with Crippen molar-refractivity contribution in [3.63, 3.8) is 0 Å². The molecule has 2 aromatic heterocycles. The lowest BCUT2D eigenvalue weighted by Crippen LogP contribution is -2.12. The second-order valence-electron chi connectivity index (χ2n) is 4.04. The number of rotatable bonds is 3. The maximum absolute atomic E-state index is 11.6. The number of nitrogens with one attached hydrogen (secondary N) is 1. The van der Waals surface area contributed by atoms with Gasteiger partial charge in [-0.2, -0.15) is 0 Å². The summed E-state index contributed by atoms with van der Waals surface area (Å²) < 4.78 is 1.62. The van der Waals surface area contributed by atoms with Crippen molar-refractivity contribution in [3.8, 4) is 0 Å². The van der Waals surface area contributed by atoms with Gasteiger partial charge in [0.1, 0.15) is 0 Å². The molecular weight excluding hydrogens is 214 g/mol. The van der Waals surface area contributed by atoms with Crippen LogP contribution < -0.4 is 5.69 Å². The fraction of sp³-hybridized carbons (Fsp3) is 0.385. The summed E-state index contributed by atoms with van der Waals surface area (Å²) in [6.45, 7) is 4.21. The fourth-order valence-electron chi connectivity index (χ4n) is 2.08. The summed E-state index contributed by atoms with van der Waals surface area (Å²) in [6.07, 6.45) is 5.80. The van der Waals surface area contributed by atoms with Gasteiger partial charge in [-0.15, -0.1) is 0 Å². The topological polar surface area (TPSA) is 50.7 Å². The van der Waals surface area contributed by atoms with Gasteiger partial charge in [0, 0.05) is 13.2 Å². The van der Waals surface area contributed by atoms with E-state index in [9.17, 15) is 4.79 Å². The maximum Gasteiger partial charge on any atom is 0.326 e. The predicted octanol–water partition coefficient (Wildman–Crippen LogP) is 2.46. The third kappa shape index (κ3) is 1.90. The molecule has 0 fully saturated rings. The average Bonchev–Trinajstić information content (AvgIpc) is 2.62. The number of hydrogen-bond donors (Lipinski definition) is 1. The number of pyridine rings is 1. The molecule has 0 bridgehead atoms.